The summed E-state index contributed by atoms with van der Waals surface area (Å²) in [6.45, 7) is 5.36. The molecule has 2 aliphatic heterocycles. The number of morpholine rings is 1. The molecule has 0 radical (unpaired) electrons. The molecule has 2 heterocycles. The lowest BCUT2D eigenvalue weighted by Crippen LogP contribution is -2.60. The Balaban J connectivity index is 1.70. The van der Waals surface area contributed by atoms with Gasteiger partial charge in [0, 0.05) is 39.8 Å². The van der Waals surface area contributed by atoms with Crippen molar-refractivity contribution in [1.82, 2.24) is 9.21 Å². The number of rotatable bonds is 5. The third kappa shape index (κ3) is 3.63. The van der Waals surface area contributed by atoms with Gasteiger partial charge in [-0.25, -0.2) is 8.42 Å². The minimum atomic E-state index is -3.16. The van der Waals surface area contributed by atoms with Gasteiger partial charge in [0.1, 0.15) is 5.60 Å². The second kappa shape index (κ2) is 6.70. The van der Waals surface area contributed by atoms with Crippen LogP contribution < -0.4 is 0 Å². The van der Waals surface area contributed by atoms with E-state index in [1.165, 1.54) is 0 Å². The van der Waals surface area contributed by atoms with Gasteiger partial charge in [0.15, 0.2) is 0 Å². The quantitative estimate of drug-likeness (QED) is 0.677. The molecule has 7 nitrogen and oxygen atoms in total. The zero-order valence-electron chi connectivity index (χ0n) is 13.2. The Morgan fingerprint density at radius 1 is 1.23 bits per heavy atom. The molecule has 1 unspecified atom stereocenters. The summed E-state index contributed by atoms with van der Waals surface area (Å²) in [4.78, 5) is 2.24. The molecule has 1 saturated carbocycles. The molecular formula is C14H26N2O5S. The van der Waals surface area contributed by atoms with Crippen LogP contribution in [0.1, 0.15) is 12.8 Å². The first-order chi connectivity index (χ1) is 10.6. The summed E-state index contributed by atoms with van der Waals surface area (Å²) in [6.07, 6.45) is 1.59. The van der Waals surface area contributed by atoms with Gasteiger partial charge in [-0.3, -0.25) is 4.90 Å². The summed E-state index contributed by atoms with van der Waals surface area (Å²) in [7, 11) is -1.47. The van der Waals surface area contributed by atoms with E-state index in [0.29, 0.717) is 46.1 Å². The van der Waals surface area contributed by atoms with E-state index in [-0.39, 0.29) is 5.25 Å². The average Bonchev–Trinajstić information content (AvgIpc) is 3.34. The van der Waals surface area contributed by atoms with Gasteiger partial charge in [-0.15, -0.1) is 0 Å². The Bertz CT molecular complexity index is 482. The summed E-state index contributed by atoms with van der Waals surface area (Å²) in [5.41, 5.74) is -0.551. The number of sulfonamides is 1. The van der Waals surface area contributed by atoms with Crippen LogP contribution in [0, 0.1) is 0 Å². The van der Waals surface area contributed by atoms with Crippen molar-refractivity contribution in [3.8, 4) is 0 Å². The zero-order chi connectivity index (χ0) is 15.6. The Labute approximate surface area is 132 Å². The van der Waals surface area contributed by atoms with Gasteiger partial charge in [-0.1, -0.05) is 0 Å². The van der Waals surface area contributed by atoms with E-state index in [1.54, 1.807) is 11.4 Å². The van der Waals surface area contributed by atoms with Crippen LogP contribution in [0.2, 0.25) is 0 Å². The van der Waals surface area contributed by atoms with Crippen molar-refractivity contribution in [2.75, 3.05) is 66.3 Å². The second-order valence-corrected chi connectivity index (χ2v) is 8.64. The van der Waals surface area contributed by atoms with Crippen molar-refractivity contribution < 1.29 is 22.6 Å². The standard InChI is InChI=1S/C14H26N2O5S/c1-19-7-4-15-5-8-20-12-14(10-15)11-16(6-9-21-14)22(17,18)13-2-3-13/h13H,2-12H2,1H3. The Morgan fingerprint density at radius 2 is 2.05 bits per heavy atom. The van der Waals surface area contributed by atoms with Crippen molar-refractivity contribution in [2.24, 2.45) is 0 Å². The van der Waals surface area contributed by atoms with Crippen LogP contribution in [0.5, 0.6) is 0 Å². The lowest BCUT2D eigenvalue weighted by molar-refractivity contribution is -0.126. The van der Waals surface area contributed by atoms with Gasteiger partial charge in [0.05, 0.1) is 31.7 Å². The van der Waals surface area contributed by atoms with E-state index < -0.39 is 15.6 Å². The maximum absolute atomic E-state index is 12.5. The van der Waals surface area contributed by atoms with E-state index >= 15 is 0 Å². The molecule has 2 saturated heterocycles. The number of hydrogen-bond donors (Lipinski definition) is 0. The minimum absolute atomic E-state index is 0.168. The predicted molar refractivity (Wildman–Crippen MR) is 81.3 cm³/mol. The molecule has 8 heteroatoms. The third-order valence-corrected chi connectivity index (χ3v) is 6.90. The topological polar surface area (TPSA) is 68.3 Å². The lowest BCUT2D eigenvalue weighted by atomic mass is 10.0. The van der Waals surface area contributed by atoms with Crippen LogP contribution >= 0.6 is 0 Å². The van der Waals surface area contributed by atoms with Crippen LogP contribution in [-0.2, 0) is 24.2 Å². The van der Waals surface area contributed by atoms with Crippen molar-refractivity contribution in [2.45, 2.75) is 23.7 Å². The maximum atomic E-state index is 12.5. The highest BCUT2D eigenvalue weighted by atomic mass is 32.2. The molecule has 0 aromatic rings. The first kappa shape index (κ1) is 16.6. The zero-order valence-corrected chi connectivity index (χ0v) is 14.0. The Kier molecular flexibility index (Phi) is 5.06. The average molecular weight is 334 g/mol. The molecule has 3 fully saturated rings. The van der Waals surface area contributed by atoms with Crippen molar-refractivity contribution in [3.63, 3.8) is 0 Å². The molecule has 128 valence electrons. The lowest BCUT2D eigenvalue weighted by Gasteiger charge is -2.42. The van der Waals surface area contributed by atoms with E-state index in [9.17, 15) is 8.42 Å². The molecule has 1 spiro atoms. The van der Waals surface area contributed by atoms with E-state index in [4.69, 9.17) is 14.2 Å². The number of ether oxygens (including phenoxy) is 3. The van der Waals surface area contributed by atoms with Gasteiger partial charge < -0.3 is 14.2 Å². The van der Waals surface area contributed by atoms with Crippen molar-refractivity contribution in [1.29, 1.82) is 0 Å². The summed E-state index contributed by atoms with van der Waals surface area (Å²) in [5, 5.41) is -0.168. The van der Waals surface area contributed by atoms with E-state index in [0.717, 1.165) is 25.9 Å². The van der Waals surface area contributed by atoms with Crippen LogP contribution in [-0.4, -0.2) is 94.7 Å². The predicted octanol–water partition coefficient (Wildman–Crippen LogP) is -0.472. The second-order valence-electron chi connectivity index (χ2n) is 6.43. The van der Waals surface area contributed by atoms with E-state index in [2.05, 4.69) is 4.90 Å². The first-order valence-electron chi connectivity index (χ1n) is 7.98. The first-order valence-corrected chi connectivity index (χ1v) is 9.48. The number of methoxy groups -OCH3 is 1. The molecule has 1 aliphatic carbocycles. The fourth-order valence-electron chi connectivity index (χ4n) is 3.18. The summed E-state index contributed by atoms with van der Waals surface area (Å²) in [6, 6.07) is 0. The maximum Gasteiger partial charge on any atom is 0.217 e. The highest BCUT2D eigenvalue weighted by Crippen LogP contribution is 2.33. The van der Waals surface area contributed by atoms with E-state index in [1.807, 2.05) is 0 Å². The molecule has 0 amide bonds. The third-order valence-electron chi connectivity index (χ3n) is 4.56. The fraction of sp³-hybridized carbons (Fsp3) is 1.00. The Hall–Kier alpha value is -0.250. The molecule has 0 bridgehead atoms. The summed E-state index contributed by atoms with van der Waals surface area (Å²) < 4.78 is 43.5. The number of hydrogen-bond acceptors (Lipinski definition) is 6. The fourth-order valence-corrected chi connectivity index (χ4v) is 5.08. The monoisotopic (exact) mass is 334 g/mol. The molecule has 22 heavy (non-hydrogen) atoms. The highest BCUT2D eigenvalue weighted by molar-refractivity contribution is 7.90. The normalized spacial score (nSPS) is 32.2. The molecule has 0 aromatic heterocycles. The van der Waals surface area contributed by atoms with Gasteiger partial charge in [0.25, 0.3) is 0 Å². The molecule has 0 aromatic carbocycles. The van der Waals surface area contributed by atoms with Crippen LogP contribution in [0.4, 0.5) is 0 Å². The number of nitrogens with zero attached hydrogens (tertiary/aromatic N) is 2. The summed E-state index contributed by atoms with van der Waals surface area (Å²) in [5.74, 6) is 0. The van der Waals surface area contributed by atoms with Gasteiger partial charge in [-0.2, -0.15) is 4.31 Å². The highest BCUT2D eigenvalue weighted by Gasteiger charge is 2.47. The SMILES string of the molecule is COCCN1CCOCC2(C1)CN(S(=O)(=O)C1CC1)CCO2. The molecule has 1 atom stereocenters. The Morgan fingerprint density at radius 3 is 2.77 bits per heavy atom. The summed E-state index contributed by atoms with van der Waals surface area (Å²) >= 11 is 0. The van der Waals surface area contributed by atoms with Crippen molar-refractivity contribution >= 4 is 10.0 Å². The smallest absolute Gasteiger partial charge is 0.217 e. The minimum Gasteiger partial charge on any atom is -0.383 e. The molecular weight excluding hydrogens is 308 g/mol. The van der Waals surface area contributed by atoms with Gasteiger partial charge in [-0.05, 0) is 12.8 Å². The van der Waals surface area contributed by atoms with Crippen molar-refractivity contribution in [3.05, 3.63) is 0 Å². The molecule has 0 N–H and O–H groups in total. The van der Waals surface area contributed by atoms with Crippen LogP contribution in [0.15, 0.2) is 0 Å². The molecule has 3 rings (SSSR count). The van der Waals surface area contributed by atoms with Crippen LogP contribution in [0.25, 0.3) is 0 Å². The van der Waals surface area contributed by atoms with Gasteiger partial charge in [0.2, 0.25) is 10.0 Å². The largest absolute Gasteiger partial charge is 0.383 e. The van der Waals surface area contributed by atoms with Crippen LogP contribution in [0.3, 0.4) is 0 Å². The molecule has 3 aliphatic rings. The van der Waals surface area contributed by atoms with Gasteiger partial charge >= 0.3 is 0 Å².